The second-order valence-electron chi connectivity index (χ2n) is 4.13. The van der Waals surface area contributed by atoms with E-state index < -0.39 is 0 Å². The van der Waals surface area contributed by atoms with Crippen LogP contribution >= 0.6 is 0 Å². The Hall–Kier alpha value is -0.0800. The standard InChI is InChI=1S/C10H22N2/c1-4-11-5-7-12(8-6-11)9-10(2)3/h10H,4-9H2,1-3H3. The first kappa shape index (κ1) is 10.0. The van der Waals surface area contributed by atoms with Gasteiger partial charge in [-0.2, -0.15) is 0 Å². The fraction of sp³-hybridized carbons (Fsp3) is 1.00. The van der Waals surface area contributed by atoms with Crippen LogP contribution in [0, 0.1) is 5.92 Å². The summed E-state index contributed by atoms with van der Waals surface area (Å²) < 4.78 is 0. The van der Waals surface area contributed by atoms with Crippen LogP contribution in [0.2, 0.25) is 0 Å². The summed E-state index contributed by atoms with van der Waals surface area (Å²) in [5, 5.41) is 0. The van der Waals surface area contributed by atoms with E-state index in [0.717, 1.165) is 5.92 Å². The summed E-state index contributed by atoms with van der Waals surface area (Å²) in [4.78, 5) is 5.10. The van der Waals surface area contributed by atoms with E-state index in [2.05, 4.69) is 30.6 Å². The van der Waals surface area contributed by atoms with Gasteiger partial charge in [0.15, 0.2) is 0 Å². The van der Waals surface area contributed by atoms with Gasteiger partial charge in [0.25, 0.3) is 0 Å². The molecule has 0 aromatic carbocycles. The summed E-state index contributed by atoms with van der Waals surface area (Å²) >= 11 is 0. The third-order valence-electron chi connectivity index (χ3n) is 2.54. The van der Waals surface area contributed by atoms with Crippen LogP contribution in [0.5, 0.6) is 0 Å². The lowest BCUT2D eigenvalue weighted by Gasteiger charge is -2.34. The predicted molar refractivity (Wildman–Crippen MR) is 53.4 cm³/mol. The predicted octanol–water partition coefficient (Wildman–Crippen LogP) is 1.28. The van der Waals surface area contributed by atoms with E-state index >= 15 is 0 Å². The average molecular weight is 170 g/mol. The Kier molecular flexibility index (Phi) is 4.02. The van der Waals surface area contributed by atoms with E-state index in [1.807, 2.05) is 0 Å². The van der Waals surface area contributed by atoms with Crippen molar-refractivity contribution in [3.05, 3.63) is 0 Å². The minimum Gasteiger partial charge on any atom is -0.301 e. The number of hydrogen-bond donors (Lipinski definition) is 0. The van der Waals surface area contributed by atoms with Gasteiger partial charge < -0.3 is 9.80 Å². The summed E-state index contributed by atoms with van der Waals surface area (Å²) in [6.07, 6.45) is 0. The van der Waals surface area contributed by atoms with Gasteiger partial charge in [-0.05, 0) is 12.5 Å². The molecule has 2 heteroatoms. The van der Waals surface area contributed by atoms with Crippen LogP contribution in [-0.4, -0.2) is 49.1 Å². The fourth-order valence-corrected chi connectivity index (χ4v) is 1.80. The van der Waals surface area contributed by atoms with Gasteiger partial charge in [-0.25, -0.2) is 0 Å². The molecule has 0 aromatic rings. The van der Waals surface area contributed by atoms with Crippen molar-refractivity contribution in [1.29, 1.82) is 0 Å². The average Bonchev–Trinajstić information content (AvgIpc) is 2.05. The van der Waals surface area contributed by atoms with Gasteiger partial charge in [-0.1, -0.05) is 20.8 Å². The van der Waals surface area contributed by atoms with Gasteiger partial charge in [0.05, 0.1) is 0 Å². The molecule has 0 bridgehead atoms. The molecule has 72 valence electrons. The van der Waals surface area contributed by atoms with E-state index in [4.69, 9.17) is 0 Å². The van der Waals surface area contributed by atoms with E-state index in [1.54, 1.807) is 0 Å². The Bertz CT molecular complexity index is 115. The van der Waals surface area contributed by atoms with Crippen LogP contribution in [0.3, 0.4) is 0 Å². The van der Waals surface area contributed by atoms with Gasteiger partial charge in [-0.3, -0.25) is 0 Å². The fourth-order valence-electron chi connectivity index (χ4n) is 1.80. The van der Waals surface area contributed by atoms with Crippen molar-refractivity contribution in [2.75, 3.05) is 39.3 Å². The Balaban J connectivity index is 2.17. The maximum absolute atomic E-state index is 2.58. The Morgan fingerprint density at radius 3 is 1.92 bits per heavy atom. The maximum Gasteiger partial charge on any atom is 0.0110 e. The molecule has 1 rings (SSSR count). The van der Waals surface area contributed by atoms with E-state index in [0.29, 0.717) is 0 Å². The normalized spacial score (nSPS) is 22.0. The molecule has 1 fully saturated rings. The molecule has 0 aliphatic carbocycles. The van der Waals surface area contributed by atoms with Crippen LogP contribution < -0.4 is 0 Å². The smallest absolute Gasteiger partial charge is 0.0110 e. The molecular weight excluding hydrogens is 148 g/mol. The SMILES string of the molecule is CCN1CCN(CC(C)C)CC1. The molecule has 1 aliphatic heterocycles. The number of piperazine rings is 1. The number of likely N-dealkylation sites (N-methyl/N-ethyl adjacent to an activating group) is 1. The number of nitrogens with zero attached hydrogens (tertiary/aromatic N) is 2. The summed E-state index contributed by atoms with van der Waals surface area (Å²) in [7, 11) is 0. The first-order chi connectivity index (χ1) is 5.72. The highest BCUT2D eigenvalue weighted by atomic mass is 15.3. The van der Waals surface area contributed by atoms with Crippen molar-refractivity contribution >= 4 is 0 Å². The minimum absolute atomic E-state index is 0.818. The third-order valence-corrected chi connectivity index (χ3v) is 2.54. The lowest BCUT2D eigenvalue weighted by Crippen LogP contribution is -2.47. The van der Waals surface area contributed by atoms with Crippen molar-refractivity contribution in [2.45, 2.75) is 20.8 Å². The van der Waals surface area contributed by atoms with Crippen LogP contribution in [0.25, 0.3) is 0 Å². The second-order valence-corrected chi connectivity index (χ2v) is 4.13. The molecule has 2 nitrogen and oxygen atoms in total. The highest BCUT2D eigenvalue weighted by Gasteiger charge is 2.15. The summed E-state index contributed by atoms with van der Waals surface area (Å²) in [5.41, 5.74) is 0. The lowest BCUT2D eigenvalue weighted by atomic mass is 10.2. The van der Waals surface area contributed by atoms with Gasteiger partial charge in [0.1, 0.15) is 0 Å². The molecule has 0 unspecified atom stereocenters. The van der Waals surface area contributed by atoms with Crippen molar-refractivity contribution in [3.8, 4) is 0 Å². The first-order valence-electron chi connectivity index (χ1n) is 5.17. The molecule has 0 radical (unpaired) electrons. The molecular formula is C10H22N2. The zero-order chi connectivity index (χ0) is 8.97. The molecule has 1 heterocycles. The minimum atomic E-state index is 0.818. The molecule has 0 aromatic heterocycles. The highest BCUT2D eigenvalue weighted by molar-refractivity contribution is 4.71. The van der Waals surface area contributed by atoms with Crippen LogP contribution in [0.1, 0.15) is 20.8 Å². The number of rotatable bonds is 3. The van der Waals surface area contributed by atoms with Gasteiger partial charge in [-0.15, -0.1) is 0 Å². The summed E-state index contributed by atoms with van der Waals surface area (Å²) in [5.74, 6) is 0.818. The summed E-state index contributed by atoms with van der Waals surface area (Å²) in [6.45, 7) is 14.4. The Labute approximate surface area is 76.5 Å². The van der Waals surface area contributed by atoms with Crippen molar-refractivity contribution < 1.29 is 0 Å². The van der Waals surface area contributed by atoms with E-state index in [1.165, 1.54) is 39.3 Å². The third kappa shape index (κ3) is 3.11. The van der Waals surface area contributed by atoms with Gasteiger partial charge in [0.2, 0.25) is 0 Å². The quantitative estimate of drug-likeness (QED) is 0.629. The Morgan fingerprint density at radius 1 is 1.00 bits per heavy atom. The molecule has 0 atom stereocenters. The topological polar surface area (TPSA) is 6.48 Å². The largest absolute Gasteiger partial charge is 0.301 e. The van der Waals surface area contributed by atoms with Crippen molar-refractivity contribution in [2.24, 2.45) is 5.92 Å². The zero-order valence-corrected chi connectivity index (χ0v) is 8.71. The zero-order valence-electron chi connectivity index (χ0n) is 8.71. The van der Waals surface area contributed by atoms with Crippen molar-refractivity contribution in [1.82, 2.24) is 9.80 Å². The van der Waals surface area contributed by atoms with Crippen LogP contribution in [0.15, 0.2) is 0 Å². The molecule has 0 amide bonds. The van der Waals surface area contributed by atoms with Gasteiger partial charge >= 0.3 is 0 Å². The van der Waals surface area contributed by atoms with Crippen LogP contribution in [-0.2, 0) is 0 Å². The second kappa shape index (κ2) is 4.83. The monoisotopic (exact) mass is 170 g/mol. The lowest BCUT2D eigenvalue weighted by molar-refractivity contribution is 0.127. The Morgan fingerprint density at radius 2 is 1.50 bits per heavy atom. The molecule has 1 saturated heterocycles. The van der Waals surface area contributed by atoms with E-state index in [9.17, 15) is 0 Å². The molecule has 12 heavy (non-hydrogen) atoms. The van der Waals surface area contributed by atoms with Crippen LogP contribution in [0.4, 0.5) is 0 Å². The first-order valence-corrected chi connectivity index (χ1v) is 5.17. The number of hydrogen-bond acceptors (Lipinski definition) is 2. The van der Waals surface area contributed by atoms with Gasteiger partial charge in [0, 0.05) is 32.7 Å². The molecule has 0 saturated carbocycles. The molecule has 1 aliphatic rings. The molecule has 0 spiro atoms. The highest BCUT2D eigenvalue weighted by Crippen LogP contribution is 2.04. The maximum atomic E-state index is 2.58. The van der Waals surface area contributed by atoms with E-state index in [-0.39, 0.29) is 0 Å². The van der Waals surface area contributed by atoms with Crippen molar-refractivity contribution in [3.63, 3.8) is 0 Å². The summed E-state index contributed by atoms with van der Waals surface area (Å²) in [6, 6.07) is 0. The molecule has 0 N–H and O–H groups in total.